The number of para-hydroxylation sites is 1. The molecule has 1 aliphatic rings. The second-order valence-corrected chi connectivity index (χ2v) is 6.27. The molecule has 0 aliphatic heterocycles. The summed E-state index contributed by atoms with van der Waals surface area (Å²) in [5.74, 6) is 0.297. The molecule has 0 radical (unpaired) electrons. The van der Waals surface area contributed by atoms with Crippen molar-refractivity contribution in [1.29, 1.82) is 0 Å². The van der Waals surface area contributed by atoms with E-state index < -0.39 is 0 Å². The number of hydrogen-bond acceptors (Lipinski definition) is 2. The second-order valence-electron chi connectivity index (χ2n) is 5.84. The van der Waals surface area contributed by atoms with Crippen LogP contribution in [-0.2, 0) is 6.42 Å². The van der Waals surface area contributed by atoms with Crippen molar-refractivity contribution >= 4 is 17.4 Å². The van der Waals surface area contributed by atoms with Crippen molar-refractivity contribution in [2.45, 2.75) is 18.8 Å². The molecule has 0 fully saturated rings. The van der Waals surface area contributed by atoms with Crippen molar-refractivity contribution in [3.05, 3.63) is 82.6 Å². The summed E-state index contributed by atoms with van der Waals surface area (Å²) in [6.07, 6.45) is 2.99. The van der Waals surface area contributed by atoms with Gasteiger partial charge in [-0.05, 0) is 42.2 Å². The molecule has 0 spiro atoms. The van der Waals surface area contributed by atoms with Crippen LogP contribution in [0.15, 0.2) is 60.8 Å². The molecule has 3 nitrogen and oxygen atoms in total. The average Bonchev–Trinajstić information content (AvgIpc) is 3.00. The van der Waals surface area contributed by atoms with E-state index in [2.05, 4.69) is 5.10 Å². The molecular weight excluding hydrogens is 308 g/mol. The Morgan fingerprint density at radius 3 is 2.65 bits per heavy atom. The molecule has 1 aliphatic carbocycles. The first kappa shape index (κ1) is 14.2. The highest BCUT2D eigenvalue weighted by Crippen LogP contribution is 2.34. The highest BCUT2D eigenvalue weighted by Gasteiger charge is 2.30. The van der Waals surface area contributed by atoms with Crippen LogP contribution in [0.4, 0.5) is 0 Å². The van der Waals surface area contributed by atoms with Crippen LogP contribution in [0, 0.1) is 0 Å². The average molecular weight is 323 g/mol. The Kier molecular flexibility index (Phi) is 3.50. The minimum absolute atomic E-state index is 0.146. The fourth-order valence-electron chi connectivity index (χ4n) is 3.23. The van der Waals surface area contributed by atoms with Gasteiger partial charge in [0.2, 0.25) is 0 Å². The molecule has 4 rings (SSSR count). The van der Waals surface area contributed by atoms with Gasteiger partial charge in [0, 0.05) is 11.4 Å². The maximum atomic E-state index is 12.5. The molecule has 2 aromatic carbocycles. The lowest BCUT2D eigenvalue weighted by molar-refractivity contribution is 0.0964. The molecule has 0 unspecified atom stereocenters. The number of ketones is 1. The first-order valence-electron chi connectivity index (χ1n) is 7.63. The summed E-state index contributed by atoms with van der Waals surface area (Å²) in [6.45, 7) is 0. The van der Waals surface area contributed by atoms with E-state index >= 15 is 0 Å². The summed E-state index contributed by atoms with van der Waals surface area (Å²) in [5.41, 5.74) is 3.81. The minimum Gasteiger partial charge on any atom is -0.294 e. The van der Waals surface area contributed by atoms with Gasteiger partial charge in [-0.3, -0.25) is 4.79 Å². The molecule has 0 amide bonds. The highest BCUT2D eigenvalue weighted by molar-refractivity contribution is 6.30. The Bertz CT molecular complexity index is 870. The van der Waals surface area contributed by atoms with Gasteiger partial charge in [0.05, 0.1) is 23.1 Å². The number of fused-ring (bicyclic) bond motifs is 1. The smallest absolute Gasteiger partial charge is 0.166 e. The lowest BCUT2D eigenvalue weighted by Crippen LogP contribution is -2.20. The van der Waals surface area contributed by atoms with E-state index in [1.54, 1.807) is 6.20 Å². The number of aromatic nitrogens is 2. The number of Topliss-reactive ketones (excluding diaryl/α,β-unsaturated/α-hetero) is 1. The van der Waals surface area contributed by atoms with E-state index in [0.717, 1.165) is 28.9 Å². The van der Waals surface area contributed by atoms with Gasteiger partial charge in [0.25, 0.3) is 0 Å². The van der Waals surface area contributed by atoms with E-state index in [-0.39, 0.29) is 11.7 Å². The zero-order valence-corrected chi connectivity index (χ0v) is 13.2. The van der Waals surface area contributed by atoms with Gasteiger partial charge < -0.3 is 0 Å². The number of nitrogens with zero attached hydrogens (tertiary/aromatic N) is 2. The lowest BCUT2D eigenvalue weighted by atomic mass is 9.82. The maximum absolute atomic E-state index is 12.5. The fourth-order valence-corrected chi connectivity index (χ4v) is 3.43. The third-order valence-corrected chi connectivity index (χ3v) is 4.60. The van der Waals surface area contributed by atoms with E-state index in [1.165, 1.54) is 0 Å². The monoisotopic (exact) mass is 322 g/mol. The number of carbonyl (C=O) groups excluding carboxylic acids is 1. The molecule has 23 heavy (non-hydrogen) atoms. The van der Waals surface area contributed by atoms with Crippen molar-refractivity contribution in [3.63, 3.8) is 0 Å². The van der Waals surface area contributed by atoms with Crippen LogP contribution in [0.3, 0.4) is 0 Å². The number of hydrogen-bond donors (Lipinski definition) is 0. The molecule has 114 valence electrons. The maximum Gasteiger partial charge on any atom is 0.166 e. The molecule has 0 N–H and O–H groups in total. The molecule has 1 atom stereocenters. The topological polar surface area (TPSA) is 34.9 Å². The predicted molar refractivity (Wildman–Crippen MR) is 90.4 cm³/mol. The van der Waals surface area contributed by atoms with E-state index in [0.29, 0.717) is 11.4 Å². The molecule has 0 saturated heterocycles. The second kappa shape index (κ2) is 5.67. The first-order valence-corrected chi connectivity index (χ1v) is 8.01. The zero-order chi connectivity index (χ0) is 15.8. The number of benzene rings is 2. The van der Waals surface area contributed by atoms with Crippen LogP contribution in [0.2, 0.25) is 5.02 Å². The number of rotatable bonds is 2. The highest BCUT2D eigenvalue weighted by atomic mass is 35.5. The van der Waals surface area contributed by atoms with Crippen LogP contribution in [0.1, 0.15) is 34.0 Å². The molecule has 1 aromatic heterocycles. The van der Waals surface area contributed by atoms with Crippen molar-refractivity contribution in [3.8, 4) is 5.69 Å². The predicted octanol–water partition coefficient (Wildman–Crippen LogP) is 4.44. The summed E-state index contributed by atoms with van der Waals surface area (Å²) in [5, 5.41) is 5.14. The number of carbonyl (C=O) groups is 1. The van der Waals surface area contributed by atoms with Gasteiger partial charge >= 0.3 is 0 Å². The Morgan fingerprint density at radius 1 is 1.04 bits per heavy atom. The van der Waals surface area contributed by atoms with Crippen LogP contribution in [0.25, 0.3) is 5.69 Å². The van der Waals surface area contributed by atoms with Gasteiger partial charge in [-0.25, -0.2) is 4.68 Å². The van der Waals surface area contributed by atoms with Gasteiger partial charge in [0.1, 0.15) is 0 Å². The van der Waals surface area contributed by atoms with Gasteiger partial charge in [-0.1, -0.05) is 41.9 Å². The van der Waals surface area contributed by atoms with Crippen molar-refractivity contribution in [2.24, 2.45) is 0 Å². The number of halogens is 1. The Balaban J connectivity index is 1.76. The van der Waals surface area contributed by atoms with Crippen LogP contribution >= 0.6 is 11.6 Å². The normalized spacial score (nSPS) is 17.1. The standard InChI is InChI=1S/C19H15ClN2O/c20-15-6-4-5-13(9-15)14-10-18-17(19(23)11-14)12-21-22(18)16-7-2-1-3-8-16/h1-9,12,14H,10-11H2/t14-/m1/s1. The molecule has 3 aromatic rings. The van der Waals surface area contributed by atoms with E-state index in [9.17, 15) is 4.79 Å². The molecule has 0 saturated carbocycles. The summed E-state index contributed by atoms with van der Waals surface area (Å²) >= 11 is 6.10. The quantitative estimate of drug-likeness (QED) is 0.699. The summed E-state index contributed by atoms with van der Waals surface area (Å²) in [4.78, 5) is 12.5. The van der Waals surface area contributed by atoms with Crippen molar-refractivity contribution in [2.75, 3.05) is 0 Å². The van der Waals surface area contributed by atoms with Gasteiger partial charge in [-0.2, -0.15) is 5.10 Å². The third kappa shape index (κ3) is 2.57. The summed E-state index contributed by atoms with van der Waals surface area (Å²) in [6, 6.07) is 17.7. The Hall–Kier alpha value is -2.39. The largest absolute Gasteiger partial charge is 0.294 e. The van der Waals surface area contributed by atoms with E-state index in [1.807, 2.05) is 59.3 Å². The Labute approximate surface area is 139 Å². The third-order valence-electron chi connectivity index (χ3n) is 4.36. The molecule has 4 heteroatoms. The fraction of sp³-hybridized carbons (Fsp3) is 0.158. The molecule has 0 bridgehead atoms. The zero-order valence-electron chi connectivity index (χ0n) is 12.4. The van der Waals surface area contributed by atoms with Gasteiger partial charge in [0.15, 0.2) is 5.78 Å². The minimum atomic E-state index is 0.146. The van der Waals surface area contributed by atoms with Crippen LogP contribution < -0.4 is 0 Å². The van der Waals surface area contributed by atoms with Crippen LogP contribution in [0.5, 0.6) is 0 Å². The van der Waals surface area contributed by atoms with Crippen molar-refractivity contribution in [1.82, 2.24) is 9.78 Å². The molecule has 1 heterocycles. The Morgan fingerprint density at radius 2 is 1.87 bits per heavy atom. The lowest BCUT2D eigenvalue weighted by Gasteiger charge is -2.23. The van der Waals surface area contributed by atoms with Crippen molar-refractivity contribution < 1.29 is 4.79 Å². The van der Waals surface area contributed by atoms with Crippen LogP contribution in [-0.4, -0.2) is 15.6 Å². The summed E-state index contributed by atoms with van der Waals surface area (Å²) < 4.78 is 1.88. The summed E-state index contributed by atoms with van der Waals surface area (Å²) in [7, 11) is 0. The first-order chi connectivity index (χ1) is 11.2. The van der Waals surface area contributed by atoms with E-state index in [4.69, 9.17) is 11.6 Å². The SMILES string of the molecule is O=C1C[C@H](c2cccc(Cl)c2)Cc2c1cnn2-c1ccccc1. The van der Waals surface area contributed by atoms with Gasteiger partial charge in [-0.15, -0.1) is 0 Å². The molecular formula is C19H15ClN2O.